The van der Waals surface area contributed by atoms with Gasteiger partial charge in [-0.15, -0.1) is 0 Å². The van der Waals surface area contributed by atoms with Gasteiger partial charge in [-0.2, -0.15) is 0 Å². The van der Waals surface area contributed by atoms with Crippen LogP contribution in [0.15, 0.2) is 73.2 Å². The van der Waals surface area contributed by atoms with Crippen LogP contribution >= 0.6 is 0 Å². The van der Waals surface area contributed by atoms with E-state index in [9.17, 15) is 9.59 Å². The van der Waals surface area contributed by atoms with Crippen molar-refractivity contribution in [3.63, 3.8) is 0 Å². The third-order valence-corrected chi connectivity index (χ3v) is 4.58. The van der Waals surface area contributed by atoms with Crippen LogP contribution < -0.4 is 16.4 Å². The van der Waals surface area contributed by atoms with Crippen molar-refractivity contribution in [2.75, 3.05) is 11.1 Å². The number of hydrogen-bond acceptors (Lipinski definition) is 4. The van der Waals surface area contributed by atoms with Crippen LogP contribution in [0.1, 0.15) is 26.3 Å². The lowest BCUT2D eigenvalue weighted by molar-refractivity contribution is 0.0950. The predicted octanol–water partition coefficient (Wildman–Crippen LogP) is 3.33. The number of hydrogen-bond donors (Lipinski definition) is 4. The van der Waals surface area contributed by atoms with Crippen LogP contribution in [-0.4, -0.2) is 21.8 Å². The van der Waals surface area contributed by atoms with Gasteiger partial charge in [0.1, 0.15) is 0 Å². The molecular weight excluding hydrogens is 366 g/mol. The van der Waals surface area contributed by atoms with Gasteiger partial charge in [-0.25, -0.2) is 0 Å². The number of nitrogens with two attached hydrogens (primary N) is 1. The number of H-pyrrole nitrogens is 1. The molecule has 2 aromatic heterocycles. The molecule has 0 bridgehead atoms. The van der Waals surface area contributed by atoms with Gasteiger partial charge in [-0.05, 0) is 48.0 Å². The Morgan fingerprint density at radius 3 is 2.55 bits per heavy atom. The Balaban J connectivity index is 1.37. The fraction of sp³-hybridized carbons (Fsp3) is 0.0455. The minimum Gasteiger partial charge on any atom is -0.396 e. The van der Waals surface area contributed by atoms with Gasteiger partial charge >= 0.3 is 0 Å². The van der Waals surface area contributed by atoms with Crippen LogP contribution in [0.4, 0.5) is 11.4 Å². The van der Waals surface area contributed by atoms with E-state index in [-0.39, 0.29) is 11.8 Å². The number of nitrogens with one attached hydrogen (secondary N) is 3. The Bertz CT molecular complexity index is 1180. The molecule has 0 unspecified atom stereocenters. The van der Waals surface area contributed by atoms with Crippen molar-refractivity contribution in [3.8, 4) is 0 Å². The summed E-state index contributed by atoms with van der Waals surface area (Å²) in [6.45, 7) is 0.364. The summed E-state index contributed by atoms with van der Waals surface area (Å²) < 4.78 is 0. The molecule has 0 saturated heterocycles. The van der Waals surface area contributed by atoms with Crippen molar-refractivity contribution in [3.05, 3.63) is 89.9 Å². The summed E-state index contributed by atoms with van der Waals surface area (Å²) in [5, 5.41) is 6.64. The number of aromatic nitrogens is 2. The number of fused-ring (bicyclic) bond motifs is 1. The van der Waals surface area contributed by atoms with Crippen molar-refractivity contribution in [1.29, 1.82) is 0 Å². The van der Waals surface area contributed by atoms with Crippen LogP contribution in [0.5, 0.6) is 0 Å². The van der Waals surface area contributed by atoms with Crippen molar-refractivity contribution < 1.29 is 9.59 Å². The fourth-order valence-corrected chi connectivity index (χ4v) is 2.97. The summed E-state index contributed by atoms with van der Waals surface area (Å²) in [5.41, 5.74) is 9.68. The molecule has 2 heterocycles. The summed E-state index contributed by atoms with van der Waals surface area (Å²) in [6.07, 6.45) is 4.88. The molecule has 0 aliphatic rings. The number of aromatic amines is 1. The first-order valence-electron chi connectivity index (χ1n) is 9.05. The Labute approximate surface area is 167 Å². The zero-order valence-corrected chi connectivity index (χ0v) is 15.5. The number of pyridine rings is 1. The van der Waals surface area contributed by atoms with E-state index in [1.807, 2.05) is 24.4 Å². The minimum atomic E-state index is -0.265. The number of anilines is 2. The van der Waals surface area contributed by atoms with Crippen molar-refractivity contribution in [2.45, 2.75) is 6.54 Å². The fourth-order valence-electron chi connectivity index (χ4n) is 2.97. The number of amides is 2. The largest absolute Gasteiger partial charge is 0.396 e. The smallest absolute Gasteiger partial charge is 0.255 e. The van der Waals surface area contributed by atoms with Crippen molar-refractivity contribution >= 4 is 34.1 Å². The summed E-state index contributed by atoms with van der Waals surface area (Å²) in [6, 6.07) is 16.1. The van der Waals surface area contributed by atoms with E-state index in [1.54, 1.807) is 42.6 Å². The van der Waals surface area contributed by atoms with E-state index in [0.29, 0.717) is 29.0 Å². The number of carbonyl (C=O) groups is 2. The van der Waals surface area contributed by atoms with E-state index in [2.05, 4.69) is 20.6 Å². The molecule has 0 atom stereocenters. The maximum absolute atomic E-state index is 12.4. The normalized spacial score (nSPS) is 10.6. The van der Waals surface area contributed by atoms with Gasteiger partial charge in [0.15, 0.2) is 0 Å². The van der Waals surface area contributed by atoms with Gasteiger partial charge < -0.3 is 21.4 Å². The Hall–Kier alpha value is -4.13. The summed E-state index contributed by atoms with van der Waals surface area (Å²) in [7, 11) is 0. The molecule has 29 heavy (non-hydrogen) atoms. The number of carbonyl (C=O) groups excluding carboxylic acids is 2. The molecule has 7 heteroatoms. The van der Waals surface area contributed by atoms with E-state index >= 15 is 0 Å². The second-order valence-corrected chi connectivity index (χ2v) is 6.58. The molecule has 4 rings (SSSR count). The Morgan fingerprint density at radius 1 is 0.966 bits per heavy atom. The number of rotatable bonds is 5. The lowest BCUT2D eigenvalue weighted by atomic mass is 10.1. The molecule has 5 N–H and O–H groups in total. The van der Waals surface area contributed by atoms with Crippen LogP contribution in [0.3, 0.4) is 0 Å². The third kappa shape index (κ3) is 4.08. The molecule has 2 amide bonds. The van der Waals surface area contributed by atoms with Crippen LogP contribution in [0.2, 0.25) is 0 Å². The molecule has 4 aromatic rings. The van der Waals surface area contributed by atoms with E-state index in [0.717, 1.165) is 16.5 Å². The molecule has 0 saturated carbocycles. The van der Waals surface area contributed by atoms with Crippen LogP contribution in [0.25, 0.3) is 10.9 Å². The quantitative estimate of drug-likeness (QED) is 0.422. The molecule has 0 spiro atoms. The SMILES string of the molecule is Nc1cnccc1NC(=O)c1ccc(CNC(=O)c2ccc3[nH]ccc3c2)cc1. The first-order chi connectivity index (χ1) is 14.1. The average Bonchev–Trinajstić information content (AvgIpc) is 3.22. The monoisotopic (exact) mass is 385 g/mol. The maximum Gasteiger partial charge on any atom is 0.255 e. The number of nitrogen functional groups attached to an aromatic ring is 1. The molecule has 0 aliphatic heterocycles. The number of benzene rings is 2. The minimum absolute atomic E-state index is 0.150. The first kappa shape index (κ1) is 18.2. The molecular formula is C22H19N5O2. The number of nitrogens with zero attached hydrogens (tertiary/aromatic N) is 1. The molecule has 0 radical (unpaired) electrons. The van der Waals surface area contributed by atoms with E-state index < -0.39 is 0 Å². The Morgan fingerprint density at radius 2 is 1.76 bits per heavy atom. The lowest BCUT2D eigenvalue weighted by Gasteiger charge is -2.09. The molecule has 0 aliphatic carbocycles. The van der Waals surface area contributed by atoms with Gasteiger partial charge in [0.2, 0.25) is 0 Å². The summed E-state index contributed by atoms with van der Waals surface area (Å²) in [5.74, 6) is -0.415. The molecule has 0 fully saturated rings. The molecule has 2 aromatic carbocycles. The topological polar surface area (TPSA) is 113 Å². The van der Waals surface area contributed by atoms with E-state index in [1.165, 1.54) is 6.20 Å². The van der Waals surface area contributed by atoms with Gasteiger partial charge in [0, 0.05) is 41.0 Å². The van der Waals surface area contributed by atoms with Crippen LogP contribution in [-0.2, 0) is 6.54 Å². The predicted molar refractivity (Wildman–Crippen MR) is 113 cm³/mol. The van der Waals surface area contributed by atoms with Gasteiger partial charge in [-0.1, -0.05) is 12.1 Å². The van der Waals surface area contributed by atoms with E-state index in [4.69, 9.17) is 5.73 Å². The highest BCUT2D eigenvalue weighted by atomic mass is 16.2. The summed E-state index contributed by atoms with van der Waals surface area (Å²) in [4.78, 5) is 31.7. The molecule has 144 valence electrons. The first-order valence-corrected chi connectivity index (χ1v) is 9.05. The maximum atomic E-state index is 12.4. The van der Waals surface area contributed by atoms with Gasteiger partial charge in [-0.3, -0.25) is 14.6 Å². The van der Waals surface area contributed by atoms with Crippen LogP contribution in [0, 0.1) is 0 Å². The Kier molecular flexibility index (Phi) is 4.94. The zero-order chi connectivity index (χ0) is 20.2. The summed E-state index contributed by atoms with van der Waals surface area (Å²) >= 11 is 0. The van der Waals surface area contributed by atoms with Crippen molar-refractivity contribution in [2.24, 2.45) is 0 Å². The second-order valence-electron chi connectivity index (χ2n) is 6.58. The highest BCUT2D eigenvalue weighted by molar-refractivity contribution is 6.05. The van der Waals surface area contributed by atoms with Gasteiger partial charge in [0.05, 0.1) is 17.6 Å². The van der Waals surface area contributed by atoms with Crippen molar-refractivity contribution in [1.82, 2.24) is 15.3 Å². The average molecular weight is 385 g/mol. The highest BCUT2D eigenvalue weighted by Crippen LogP contribution is 2.17. The lowest BCUT2D eigenvalue weighted by Crippen LogP contribution is -2.22. The third-order valence-electron chi connectivity index (χ3n) is 4.58. The second kappa shape index (κ2) is 7.85. The molecule has 7 nitrogen and oxygen atoms in total. The standard InChI is InChI=1S/C22H19N5O2/c23-18-13-24-9-8-20(18)27-22(29)15-3-1-14(2-4-15)12-26-21(28)17-5-6-19-16(11-17)7-10-25-19/h1-11,13,25H,12,23H2,(H,26,28)(H,24,27,29). The highest BCUT2D eigenvalue weighted by Gasteiger charge is 2.09. The zero-order valence-electron chi connectivity index (χ0n) is 15.5. The van der Waals surface area contributed by atoms with Gasteiger partial charge in [0.25, 0.3) is 11.8 Å².